The second-order valence-electron chi connectivity index (χ2n) is 7.30. The van der Waals surface area contributed by atoms with Crippen molar-refractivity contribution in [2.75, 3.05) is 19.6 Å². The maximum Gasteiger partial charge on any atom is 0.129 e. The summed E-state index contributed by atoms with van der Waals surface area (Å²) >= 11 is 0. The first kappa shape index (κ1) is 23.4. The molecule has 0 radical (unpaired) electrons. The van der Waals surface area contributed by atoms with Gasteiger partial charge in [-0.25, -0.2) is 0 Å². The van der Waals surface area contributed by atoms with Gasteiger partial charge >= 0.3 is 0 Å². The Morgan fingerprint density at radius 2 is 1.46 bits per heavy atom. The minimum atomic E-state index is -0.956. The molecule has 0 aromatic heterocycles. The maximum atomic E-state index is 11.8. The van der Waals surface area contributed by atoms with Gasteiger partial charge in [0.25, 0.3) is 0 Å². The first-order chi connectivity index (χ1) is 11.5. The number of carboxylic acid groups (broad SMARTS) is 1. The molecule has 0 fully saturated rings. The number of carbonyl (C=O) groups excluding carboxylic acids is 1. The summed E-state index contributed by atoms with van der Waals surface area (Å²) in [5, 5.41) is 22.4. The van der Waals surface area contributed by atoms with Gasteiger partial charge in [0, 0.05) is 6.42 Å². The van der Waals surface area contributed by atoms with Crippen molar-refractivity contribution in [2.45, 2.75) is 104 Å². The van der Waals surface area contributed by atoms with E-state index in [4.69, 9.17) is 0 Å². The molecule has 144 valence electrons. The Labute approximate surface area is 149 Å². The van der Waals surface area contributed by atoms with Gasteiger partial charge in [0.15, 0.2) is 0 Å². The molecular weight excluding hydrogens is 302 g/mol. The number of hydrogen-bond donors (Lipinski definition) is 1. The summed E-state index contributed by atoms with van der Waals surface area (Å²) in [5.74, 6) is -0.956. The monoisotopic (exact) mass is 343 g/mol. The molecule has 2 unspecified atom stereocenters. The van der Waals surface area contributed by atoms with E-state index in [-0.39, 0.29) is 0 Å². The number of nitrogens with zero attached hydrogens (tertiary/aromatic N) is 1. The molecule has 0 aliphatic heterocycles. The second kappa shape index (κ2) is 13.7. The van der Waals surface area contributed by atoms with Crippen molar-refractivity contribution in [1.29, 1.82) is 0 Å². The van der Waals surface area contributed by atoms with Crippen molar-refractivity contribution in [3.05, 3.63) is 0 Å². The lowest BCUT2D eigenvalue weighted by molar-refractivity contribution is -0.948. The minimum absolute atomic E-state index is 0.413. The standard InChI is InChI=1S/C20H41NO3/c1-5-9-12-13-14-18(22)17-21(15-10-6-2,16-11-7-3)19(8-4)20(23)24/h18-19,22H,5-17H2,1-4H3. The Morgan fingerprint density at radius 3 is 1.88 bits per heavy atom. The first-order valence-corrected chi connectivity index (χ1v) is 10.2. The third kappa shape index (κ3) is 8.48. The van der Waals surface area contributed by atoms with Crippen LogP contribution in [0.3, 0.4) is 0 Å². The van der Waals surface area contributed by atoms with Crippen molar-refractivity contribution < 1.29 is 19.5 Å². The van der Waals surface area contributed by atoms with Crippen LogP contribution in [0.2, 0.25) is 0 Å². The summed E-state index contributed by atoms with van der Waals surface area (Å²) in [6, 6.07) is -0.506. The van der Waals surface area contributed by atoms with Gasteiger partial charge < -0.3 is 19.5 Å². The van der Waals surface area contributed by atoms with Gasteiger partial charge in [-0.2, -0.15) is 0 Å². The van der Waals surface area contributed by atoms with Gasteiger partial charge in [0.1, 0.15) is 18.7 Å². The molecule has 4 heteroatoms. The second-order valence-corrected chi connectivity index (χ2v) is 7.30. The van der Waals surface area contributed by atoms with E-state index in [0.29, 0.717) is 17.4 Å². The third-order valence-electron chi connectivity index (χ3n) is 5.20. The van der Waals surface area contributed by atoms with Crippen molar-refractivity contribution in [3.8, 4) is 0 Å². The van der Waals surface area contributed by atoms with Crippen LogP contribution in [0.5, 0.6) is 0 Å². The number of hydrogen-bond acceptors (Lipinski definition) is 3. The summed E-state index contributed by atoms with van der Waals surface area (Å²) in [6.45, 7) is 10.6. The average Bonchev–Trinajstić information content (AvgIpc) is 2.55. The average molecular weight is 344 g/mol. The fraction of sp³-hybridized carbons (Fsp3) is 0.950. The number of carboxylic acids is 1. The highest BCUT2D eigenvalue weighted by molar-refractivity contribution is 5.69. The topological polar surface area (TPSA) is 60.4 Å². The zero-order valence-corrected chi connectivity index (χ0v) is 16.6. The number of aliphatic carboxylic acids is 1. The van der Waals surface area contributed by atoms with E-state index in [1.165, 1.54) is 12.8 Å². The van der Waals surface area contributed by atoms with Crippen LogP contribution in [0.15, 0.2) is 0 Å². The summed E-state index contributed by atoms with van der Waals surface area (Å²) in [4.78, 5) is 11.8. The summed E-state index contributed by atoms with van der Waals surface area (Å²) in [6.07, 6.45) is 9.58. The smallest absolute Gasteiger partial charge is 0.129 e. The lowest BCUT2D eigenvalue weighted by Gasteiger charge is -2.46. The van der Waals surface area contributed by atoms with Crippen LogP contribution in [0.1, 0.15) is 91.9 Å². The van der Waals surface area contributed by atoms with Crippen molar-refractivity contribution >= 4 is 5.97 Å². The SMILES string of the molecule is CCCCCCC(O)C[N+](CCCC)(CCCC)C(CC)C(=O)[O-]. The normalized spacial score (nSPS) is 14.5. The molecular formula is C20H41NO3. The molecule has 0 saturated heterocycles. The predicted molar refractivity (Wildman–Crippen MR) is 98.5 cm³/mol. The zero-order valence-electron chi connectivity index (χ0n) is 16.6. The van der Waals surface area contributed by atoms with Crippen LogP contribution < -0.4 is 5.11 Å². The van der Waals surface area contributed by atoms with E-state index in [9.17, 15) is 15.0 Å². The molecule has 0 spiro atoms. The number of carbonyl (C=O) groups is 1. The van der Waals surface area contributed by atoms with Crippen LogP contribution in [0.25, 0.3) is 0 Å². The van der Waals surface area contributed by atoms with Gasteiger partial charge in [-0.3, -0.25) is 0 Å². The summed E-state index contributed by atoms with van der Waals surface area (Å²) in [7, 11) is 0. The van der Waals surface area contributed by atoms with Crippen LogP contribution >= 0.6 is 0 Å². The molecule has 0 heterocycles. The fourth-order valence-electron chi connectivity index (χ4n) is 3.77. The predicted octanol–water partition coefficient (Wildman–Crippen LogP) is 3.26. The first-order valence-electron chi connectivity index (χ1n) is 10.2. The van der Waals surface area contributed by atoms with E-state index >= 15 is 0 Å². The maximum absolute atomic E-state index is 11.8. The summed E-state index contributed by atoms with van der Waals surface area (Å²) < 4.78 is 0.495. The van der Waals surface area contributed by atoms with Crippen molar-refractivity contribution in [1.82, 2.24) is 0 Å². The van der Waals surface area contributed by atoms with Crippen LogP contribution in [-0.2, 0) is 4.79 Å². The number of rotatable bonds is 16. The molecule has 0 bridgehead atoms. The van der Waals surface area contributed by atoms with Crippen LogP contribution in [0.4, 0.5) is 0 Å². The molecule has 0 aliphatic rings. The van der Waals surface area contributed by atoms with E-state index in [2.05, 4.69) is 20.8 Å². The highest BCUT2D eigenvalue weighted by Crippen LogP contribution is 2.23. The van der Waals surface area contributed by atoms with E-state index in [1.807, 2.05) is 6.92 Å². The van der Waals surface area contributed by atoms with Crippen LogP contribution in [-0.4, -0.2) is 47.3 Å². The highest BCUT2D eigenvalue weighted by atomic mass is 16.4. The molecule has 0 saturated carbocycles. The Hall–Kier alpha value is -0.610. The zero-order chi connectivity index (χ0) is 18.4. The quantitative estimate of drug-likeness (QED) is 0.346. The van der Waals surface area contributed by atoms with Gasteiger partial charge in [0.2, 0.25) is 0 Å². The van der Waals surface area contributed by atoms with Gasteiger partial charge in [-0.1, -0.05) is 66.2 Å². The van der Waals surface area contributed by atoms with Crippen LogP contribution in [0, 0.1) is 0 Å². The number of aliphatic hydroxyl groups excluding tert-OH is 1. The number of aliphatic hydroxyl groups is 1. The largest absolute Gasteiger partial charge is 0.544 e. The molecule has 0 aliphatic carbocycles. The van der Waals surface area contributed by atoms with Crippen molar-refractivity contribution in [3.63, 3.8) is 0 Å². The number of unbranched alkanes of at least 4 members (excludes halogenated alkanes) is 5. The number of quaternary nitrogens is 1. The lowest BCUT2D eigenvalue weighted by Crippen LogP contribution is -2.64. The Morgan fingerprint density at radius 1 is 0.917 bits per heavy atom. The molecule has 0 aromatic carbocycles. The third-order valence-corrected chi connectivity index (χ3v) is 5.20. The van der Waals surface area contributed by atoms with Gasteiger partial charge in [-0.15, -0.1) is 0 Å². The molecule has 0 aromatic rings. The lowest BCUT2D eigenvalue weighted by atomic mass is 10.0. The van der Waals surface area contributed by atoms with Crippen molar-refractivity contribution in [2.24, 2.45) is 0 Å². The Kier molecular flexibility index (Phi) is 13.3. The van der Waals surface area contributed by atoms with Gasteiger partial charge in [0.05, 0.1) is 19.1 Å². The molecule has 0 rings (SSSR count). The van der Waals surface area contributed by atoms with E-state index in [0.717, 1.165) is 58.0 Å². The van der Waals surface area contributed by atoms with E-state index < -0.39 is 18.1 Å². The molecule has 2 atom stereocenters. The molecule has 0 amide bonds. The van der Waals surface area contributed by atoms with E-state index in [1.54, 1.807) is 0 Å². The molecule has 4 nitrogen and oxygen atoms in total. The fourth-order valence-corrected chi connectivity index (χ4v) is 3.77. The Bertz CT molecular complexity index is 312. The minimum Gasteiger partial charge on any atom is -0.544 e. The van der Waals surface area contributed by atoms with Gasteiger partial charge in [-0.05, 0) is 19.3 Å². The summed E-state index contributed by atoms with van der Waals surface area (Å²) in [5.41, 5.74) is 0. The Balaban J connectivity index is 5.11. The molecule has 24 heavy (non-hydrogen) atoms. The molecule has 1 N–H and O–H groups in total. The highest BCUT2D eigenvalue weighted by Gasteiger charge is 2.37.